The van der Waals surface area contributed by atoms with Gasteiger partial charge in [-0.3, -0.25) is 4.21 Å². The first-order chi connectivity index (χ1) is 7.65. The third-order valence-electron chi connectivity index (χ3n) is 2.29. The second-order valence-corrected chi connectivity index (χ2v) is 5.03. The maximum absolute atomic E-state index is 11.9. The summed E-state index contributed by atoms with van der Waals surface area (Å²) in [7, 11) is 0.592. The highest BCUT2D eigenvalue weighted by atomic mass is 32.2. The quantitative estimate of drug-likeness (QED) is 0.717. The topological polar surface area (TPSA) is 35.5 Å². The van der Waals surface area contributed by atoms with Crippen molar-refractivity contribution in [2.75, 3.05) is 19.5 Å². The number of hydrogen-bond acceptors (Lipinski definition) is 3. The highest BCUT2D eigenvalue weighted by Crippen LogP contribution is 2.12. The maximum Gasteiger partial charge on any atom is 0.154 e. The van der Waals surface area contributed by atoms with Crippen LogP contribution in [0.15, 0.2) is 29.2 Å². The first-order valence-corrected chi connectivity index (χ1v) is 6.55. The minimum atomic E-state index is -0.994. The molecule has 0 saturated carbocycles. The Bertz CT molecular complexity index is 352. The van der Waals surface area contributed by atoms with Gasteiger partial charge in [-0.15, -0.1) is 0 Å². The molecule has 4 heteroatoms. The van der Waals surface area contributed by atoms with Crippen LogP contribution in [0.3, 0.4) is 0 Å². The average molecular weight is 242 g/mol. The Hall–Kier alpha value is -0.710. The van der Waals surface area contributed by atoms with E-state index in [-0.39, 0.29) is 6.29 Å². The fourth-order valence-electron chi connectivity index (χ4n) is 1.28. The van der Waals surface area contributed by atoms with Gasteiger partial charge in [0.25, 0.3) is 0 Å². The van der Waals surface area contributed by atoms with E-state index in [2.05, 4.69) is 0 Å². The van der Waals surface area contributed by atoms with Crippen molar-refractivity contribution in [1.82, 2.24) is 0 Å². The molecule has 90 valence electrons. The predicted molar refractivity (Wildman–Crippen MR) is 64.9 cm³/mol. The fourth-order valence-corrected chi connectivity index (χ4v) is 2.40. The van der Waals surface area contributed by atoms with E-state index in [4.69, 9.17) is 9.47 Å². The summed E-state index contributed by atoms with van der Waals surface area (Å²) in [5.74, 6) is 0.499. The zero-order valence-electron chi connectivity index (χ0n) is 9.93. The lowest BCUT2D eigenvalue weighted by Gasteiger charge is -2.11. The number of ether oxygens (including phenoxy) is 2. The van der Waals surface area contributed by atoms with Crippen molar-refractivity contribution in [1.29, 1.82) is 0 Å². The zero-order chi connectivity index (χ0) is 12.0. The molecular weight excluding hydrogens is 224 g/mol. The van der Waals surface area contributed by atoms with Gasteiger partial charge in [0.2, 0.25) is 0 Å². The molecular formula is C12H18O3S. The van der Waals surface area contributed by atoms with Crippen LogP contribution in [0.4, 0.5) is 0 Å². The lowest BCUT2D eigenvalue weighted by Crippen LogP contribution is -2.15. The van der Waals surface area contributed by atoms with Gasteiger partial charge in [0.15, 0.2) is 6.29 Å². The second kappa shape index (κ2) is 6.78. The Kier molecular flexibility index (Phi) is 5.66. The van der Waals surface area contributed by atoms with Crippen LogP contribution in [0.25, 0.3) is 0 Å². The number of aryl methyl sites for hydroxylation is 1. The van der Waals surface area contributed by atoms with E-state index >= 15 is 0 Å². The summed E-state index contributed by atoms with van der Waals surface area (Å²) in [5, 5.41) is 0. The van der Waals surface area contributed by atoms with Gasteiger partial charge >= 0.3 is 0 Å². The molecule has 0 bridgehead atoms. The first-order valence-electron chi connectivity index (χ1n) is 5.23. The normalized spacial score (nSPS) is 14.7. The van der Waals surface area contributed by atoms with E-state index in [1.165, 1.54) is 0 Å². The number of methoxy groups -OCH3 is 1. The van der Waals surface area contributed by atoms with Gasteiger partial charge in [0.1, 0.15) is 0 Å². The monoisotopic (exact) mass is 242 g/mol. The van der Waals surface area contributed by atoms with Gasteiger partial charge in [-0.05, 0) is 25.5 Å². The van der Waals surface area contributed by atoms with E-state index in [9.17, 15) is 4.21 Å². The molecule has 1 rings (SSSR count). The SMILES string of the molecule is COC(C)OCCS(=O)c1ccccc1C. The van der Waals surface area contributed by atoms with Crippen LogP contribution < -0.4 is 0 Å². The summed E-state index contributed by atoms with van der Waals surface area (Å²) in [6.45, 7) is 4.22. The van der Waals surface area contributed by atoms with E-state index < -0.39 is 10.8 Å². The lowest BCUT2D eigenvalue weighted by atomic mass is 10.2. The Balaban J connectivity index is 2.44. The zero-order valence-corrected chi connectivity index (χ0v) is 10.8. The molecule has 1 aromatic carbocycles. The molecule has 0 radical (unpaired) electrons. The molecule has 0 heterocycles. The summed E-state index contributed by atoms with van der Waals surface area (Å²) in [5.41, 5.74) is 1.06. The summed E-state index contributed by atoms with van der Waals surface area (Å²) < 4.78 is 22.2. The Labute approximate surface area is 99.2 Å². The van der Waals surface area contributed by atoms with Gasteiger partial charge in [0.05, 0.1) is 23.2 Å². The minimum absolute atomic E-state index is 0.242. The summed E-state index contributed by atoms with van der Waals surface area (Å²) in [6.07, 6.45) is -0.242. The predicted octanol–water partition coefficient (Wildman–Crippen LogP) is 2.11. The van der Waals surface area contributed by atoms with Crippen LogP contribution in [0.1, 0.15) is 12.5 Å². The molecule has 16 heavy (non-hydrogen) atoms. The fraction of sp³-hybridized carbons (Fsp3) is 0.500. The minimum Gasteiger partial charge on any atom is -0.356 e. The van der Waals surface area contributed by atoms with Crippen molar-refractivity contribution in [3.05, 3.63) is 29.8 Å². The lowest BCUT2D eigenvalue weighted by molar-refractivity contribution is -0.105. The van der Waals surface area contributed by atoms with E-state index in [0.717, 1.165) is 10.5 Å². The molecule has 0 fully saturated rings. The number of rotatable bonds is 6. The van der Waals surface area contributed by atoms with Crippen LogP contribution in [0, 0.1) is 6.92 Å². The van der Waals surface area contributed by atoms with Crippen molar-refractivity contribution in [2.45, 2.75) is 25.0 Å². The molecule has 3 nitrogen and oxygen atoms in total. The van der Waals surface area contributed by atoms with Gasteiger partial charge < -0.3 is 9.47 Å². The van der Waals surface area contributed by atoms with Gasteiger partial charge in [-0.2, -0.15) is 0 Å². The standard InChI is InChI=1S/C12H18O3S/c1-10-6-4-5-7-12(10)16(13)9-8-15-11(2)14-3/h4-7,11H,8-9H2,1-3H3. The Morgan fingerprint density at radius 1 is 1.38 bits per heavy atom. The molecule has 0 aromatic heterocycles. The van der Waals surface area contributed by atoms with Crippen molar-refractivity contribution in [2.24, 2.45) is 0 Å². The maximum atomic E-state index is 11.9. The van der Waals surface area contributed by atoms with Gasteiger partial charge in [-0.1, -0.05) is 18.2 Å². The first kappa shape index (κ1) is 13.4. The van der Waals surface area contributed by atoms with E-state index in [1.54, 1.807) is 7.11 Å². The van der Waals surface area contributed by atoms with Crippen LogP contribution in [0.5, 0.6) is 0 Å². The molecule has 0 aliphatic carbocycles. The molecule has 0 saturated heterocycles. The van der Waals surface area contributed by atoms with E-state index in [0.29, 0.717) is 12.4 Å². The Morgan fingerprint density at radius 3 is 2.69 bits per heavy atom. The van der Waals surface area contributed by atoms with Crippen molar-refractivity contribution < 1.29 is 13.7 Å². The number of benzene rings is 1. The third-order valence-corrected chi connectivity index (χ3v) is 3.78. The van der Waals surface area contributed by atoms with Crippen LogP contribution in [-0.4, -0.2) is 30.0 Å². The highest BCUT2D eigenvalue weighted by Gasteiger charge is 2.07. The molecule has 0 N–H and O–H groups in total. The number of hydrogen-bond donors (Lipinski definition) is 0. The van der Waals surface area contributed by atoms with Crippen molar-refractivity contribution in [3.63, 3.8) is 0 Å². The van der Waals surface area contributed by atoms with Crippen molar-refractivity contribution >= 4 is 10.8 Å². The van der Waals surface area contributed by atoms with Gasteiger partial charge in [-0.25, -0.2) is 0 Å². The molecule has 1 aromatic rings. The Morgan fingerprint density at radius 2 is 2.06 bits per heavy atom. The van der Waals surface area contributed by atoms with Crippen molar-refractivity contribution in [3.8, 4) is 0 Å². The summed E-state index contributed by atoms with van der Waals surface area (Å²) >= 11 is 0. The molecule has 0 aliphatic heterocycles. The molecule has 2 atom stereocenters. The molecule has 0 amide bonds. The molecule has 0 aliphatic rings. The van der Waals surface area contributed by atoms with Crippen LogP contribution in [-0.2, 0) is 20.3 Å². The molecule has 2 unspecified atom stereocenters. The molecule has 0 spiro atoms. The van der Waals surface area contributed by atoms with Gasteiger partial charge in [0, 0.05) is 12.0 Å². The summed E-state index contributed by atoms with van der Waals surface area (Å²) in [6, 6.07) is 7.70. The van der Waals surface area contributed by atoms with Crippen LogP contribution >= 0.6 is 0 Å². The summed E-state index contributed by atoms with van der Waals surface area (Å²) in [4.78, 5) is 0.885. The smallest absolute Gasteiger partial charge is 0.154 e. The highest BCUT2D eigenvalue weighted by molar-refractivity contribution is 7.85. The van der Waals surface area contributed by atoms with E-state index in [1.807, 2.05) is 38.1 Å². The largest absolute Gasteiger partial charge is 0.356 e. The average Bonchev–Trinajstić information content (AvgIpc) is 2.29. The van der Waals surface area contributed by atoms with Crippen LogP contribution in [0.2, 0.25) is 0 Å². The third kappa shape index (κ3) is 4.04. The second-order valence-electron chi connectivity index (χ2n) is 3.49.